The van der Waals surface area contributed by atoms with Crippen molar-refractivity contribution in [2.45, 2.75) is 0 Å². The lowest BCUT2D eigenvalue weighted by Gasteiger charge is -2.04. The third-order valence-electron chi connectivity index (χ3n) is 4.76. The van der Waals surface area contributed by atoms with Gasteiger partial charge < -0.3 is 5.32 Å². The summed E-state index contributed by atoms with van der Waals surface area (Å²) in [7, 11) is 0. The van der Waals surface area contributed by atoms with E-state index in [4.69, 9.17) is 0 Å². The highest BCUT2D eigenvalue weighted by Gasteiger charge is 2.25. The van der Waals surface area contributed by atoms with Crippen LogP contribution in [0, 0.1) is 0 Å². The number of aromatic nitrogens is 4. The number of H-pyrrole nitrogens is 2. The second-order valence-electron chi connectivity index (χ2n) is 6.45. The first-order chi connectivity index (χ1) is 13.8. The van der Waals surface area contributed by atoms with Gasteiger partial charge in [-0.15, -0.1) is 0 Å². The number of pyridine rings is 3. The molecule has 1 amide bonds. The van der Waals surface area contributed by atoms with Crippen molar-refractivity contribution in [3.8, 4) is 11.3 Å². The summed E-state index contributed by atoms with van der Waals surface area (Å²) in [5.74, 6) is 0.253. The van der Waals surface area contributed by atoms with Gasteiger partial charge in [0, 0.05) is 40.5 Å². The topological polar surface area (TPSA) is 76.0 Å². The van der Waals surface area contributed by atoms with Gasteiger partial charge in [-0.05, 0) is 36.4 Å². The normalized spacial score (nSPS) is 11.0. The number of rotatable bonds is 3. The summed E-state index contributed by atoms with van der Waals surface area (Å²) in [6.45, 7) is 0. The van der Waals surface area contributed by atoms with Gasteiger partial charge in [-0.1, -0.05) is 12.1 Å². The number of carbonyl (C=O) groups excluding carboxylic acids is 1. The number of benzene rings is 1. The molecule has 134 valence electrons. The molecule has 5 rings (SSSR count). The Kier molecular flexibility index (Phi) is 3.80. The van der Waals surface area contributed by atoms with E-state index in [1.165, 1.54) is 0 Å². The van der Waals surface area contributed by atoms with Crippen molar-refractivity contribution in [2.24, 2.45) is 0 Å². The molecular formula is C22H17N5O+2. The lowest BCUT2D eigenvalue weighted by molar-refractivity contribution is -0.513. The molecule has 0 unspecified atom stereocenters. The van der Waals surface area contributed by atoms with Crippen LogP contribution in [0.1, 0.15) is 10.6 Å². The first kappa shape index (κ1) is 16.1. The van der Waals surface area contributed by atoms with Gasteiger partial charge in [0.2, 0.25) is 0 Å². The fraction of sp³-hybridized carbons (Fsp3) is 0. The van der Waals surface area contributed by atoms with E-state index >= 15 is 0 Å². The number of imidazole rings is 1. The summed E-state index contributed by atoms with van der Waals surface area (Å²) in [5, 5.41) is 5.05. The van der Waals surface area contributed by atoms with Crippen molar-refractivity contribution in [1.29, 1.82) is 0 Å². The van der Waals surface area contributed by atoms with Crippen LogP contribution >= 0.6 is 0 Å². The summed E-state index contributed by atoms with van der Waals surface area (Å²) >= 11 is 0. The van der Waals surface area contributed by atoms with Crippen LogP contribution in [0.5, 0.6) is 0 Å². The van der Waals surface area contributed by atoms with Crippen molar-refractivity contribution >= 4 is 27.9 Å². The number of carbonyl (C=O) groups is 1. The molecule has 6 nitrogen and oxygen atoms in total. The Bertz CT molecular complexity index is 1310. The molecule has 0 saturated carbocycles. The number of nitrogens with zero attached hydrogens (tertiary/aromatic N) is 2. The van der Waals surface area contributed by atoms with E-state index in [9.17, 15) is 4.79 Å². The van der Waals surface area contributed by atoms with Crippen molar-refractivity contribution < 1.29 is 14.2 Å². The van der Waals surface area contributed by atoms with E-state index in [0.29, 0.717) is 5.82 Å². The fourth-order valence-electron chi connectivity index (χ4n) is 3.44. The molecule has 0 radical (unpaired) electrons. The van der Waals surface area contributed by atoms with Crippen molar-refractivity contribution in [3.05, 3.63) is 91.4 Å². The Balaban J connectivity index is 1.60. The SMILES string of the molecule is O=C(Nc1cccc2c[nH+]ccc12)c1[nH]c(-c2ccncc2)c2cccc[n+]12. The summed E-state index contributed by atoms with van der Waals surface area (Å²) in [5.41, 5.74) is 3.53. The van der Waals surface area contributed by atoms with E-state index in [2.05, 4.69) is 20.3 Å². The molecule has 4 aromatic heterocycles. The van der Waals surface area contributed by atoms with Crippen molar-refractivity contribution in [1.82, 2.24) is 9.97 Å². The first-order valence-electron chi connectivity index (χ1n) is 8.94. The van der Waals surface area contributed by atoms with E-state index in [0.717, 1.165) is 33.2 Å². The lowest BCUT2D eigenvalue weighted by atomic mass is 10.1. The number of hydrogen-bond donors (Lipinski definition) is 2. The van der Waals surface area contributed by atoms with Crippen LogP contribution in [-0.4, -0.2) is 15.9 Å². The van der Waals surface area contributed by atoms with Gasteiger partial charge >= 0.3 is 11.7 Å². The first-order valence-corrected chi connectivity index (χ1v) is 8.94. The average Bonchev–Trinajstić information content (AvgIpc) is 3.15. The highest BCUT2D eigenvalue weighted by Crippen LogP contribution is 2.23. The maximum atomic E-state index is 13.1. The third-order valence-corrected chi connectivity index (χ3v) is 4.76. The summed E-state index contributed by atoms with van der Waals surface area (Å²) in [6.07, 6.45) is 9.11. The molecule has 5 aromatic rings. The number of amides is 1. The molecule has 0 atom stereocenters. The minimum Gasteiger partial charge on any atom is -0.315 e. The molecule has 0 aliphatic heterocycles. The highest BCUT2D eigenvalue weighted by atomic mass is 16.2. The van der Waals surface area contributed by atoms with Gasteiger partial charge in [-0.25, -0.2) is 9.97 Å². The van der Waals surface area contributed by atoms with Crippen LogP contribution in [-0.2, 0) is 0 Å². The number of nitrogens with one attached hydrogen (secondary N) is 3. The lowest BCUT2D eigenvalue weighted by Crippen LogP contribution is -2.31. The minimum absolute atomic E-state index is 0.207. The predicted molar refractivity (Wildman–Crippen MR) is 106 cm³/mol. The minimum atomic E-state index is -0.207. The Labute approximate surface area is 160 Å². The maximum absolute atomic E-state index is 13.1. The Hall–Kier alpha value is -4.06. The van der Waals surface area contributed by atoms with E-state index in [1.807, 2.05) is 77.6 Å². The smallest absolute Gasteiger partial charge is 0.315 e. The second kappa shape index (κ2) is 6.59. The van der Waals surface area contributed by atoms with Gasteiger partial charge in [0.15, 0.2) is 23.6 Å². The van der Waals surface area contributed by atoms with E-state index in [1.54, 1.807) is 12.4 Å². The standard InChI is InChI=1S/C22H15N5O/c28-22(25-18-5-3-4-16-14-24-12-9-17(16)18)21-26-20(15-7-10-23-11-8-15)19-6-1-2-13-27(19)21/h1-14H,(H,25,28)/p+2. The zero-order valence-electron chi connectivity index (χ0n) is 14.9. The third kappa shape index (κ3) is 2.68. The molecule has 0 fully saturated rings. The molecule has 4 heterocycles. The molecule has 0 saturated heterocycles. The predicted octanol–water partition coefficient (Wildman–Crippen LogP) is 3.04. The average molecular weight is 367 g/mol. The Morgan fingerprint density at radius 2 is 1.93 bits per heavy atom. The molecule has 0 bridgehead atoms. The van der Waals surface area contributed by atoms with Gasteiger partial charge in [0.1, 0.15) is 0 Å². The van der Waals surface area contributed by atoms with Gasteiger partial charge in [0.25, 0.3) is 0 Å². The van der Waals surface area contributed by atoms with Crippen LogP contribution in [0.2, 0.25) is 0 Å². The van der Waals surface area contributed by atoms with Crippen LogP contribution in [0.4, 0.5) is 5.69 Å². The molecule has 0 aliphatic rings. The van der Waals surface area contributed by atoms with Crippen LogP contribution in [0.3, 0.4) is 0 Å². The van der Waals surface area contributed by atoms with Crippen LogP contribution < -0.4 is 14.7 Å². The summed E-state index contributed by atoms with van der Waals surface area (Å²) in [6, 6.07) is 17.5. The molecule has 6 heteroatoms. The largest absolute Gasteiger partial charge is 0.351 e. The molecule has 0 spiro atoms. The molecule has 0 aliphatic carbocycles. The second-order valence-corrected chi connectivity index (χ2v) is 6.45. The monoisotopic (exact) mass is 367 g/mol. The maximum Gasteiger partial charge on any atom is 0.351 e. The molecule has 1 aromatic carbocycles. The quantitative estimate of drug-likeness (QED) is 0.481. The molecule has 28 heavy (non-hydrogen) atoms. The highest BCUT2D eigenvalue weighted by molar-refractivity contribution is 6.07. The number of hydrogen-bond acceptors (Lipinski definition) is 2. The Morgan fingerprint density at radius 3 is 2.82 bits per heavy atom. The number of anilines is 1. The van der Waals surface area contributed by atoms with Gasteiger partial charge in [-0.2, -0.15) is 4.40 Å². The zero-order chi connectivity index (χ0) is 18.9. The van der Waals surface area contributed by atoms with E-state index in [-0.39, 0.29) is 5.91 Å². The number of aromatic amines is 2. The zero-order valence-corrected chi connectivity index (χ0v) is 14.9. The van der Waals surface area contributed by atoms with Gasteiger partial charge in [0.05, 0.1) is 6.20 Å². The number of fused-ring (bicyclic) bond motifs is 2. The molecule has 3 N–H and O–H groups in total. The Morgan fingerprint density at radius 1 is 1.04 bits per heavy atom. The van der Waals surface area contributed by atoms with Gasteiger partial charge in [-0.3, -0.25) is 9.78 Å². The summed E-state index contributed by atoms with van der Waals surface area (Å²) in [4.78, 5) is 23.6. The van der Waals surface area contributed by atoms with Crippen LogP contribution in [0.15, 0.2) is 85.6 Å². The fourth-order valence-corrected chi connectivity index (χ4v) is 3.44. The van der Waals surface area contributed by atoms with Crippen LogP contribution in [0.25, 0.3) is 27.5 Å². The van der Waals surface area contributed by atoms with Crippen molar-refractivity contribution in [3.63, 3.8) is 0 Å². The van der Waals surface area contributed by atoms with E-state index < -0.39 is 0 Å². The summed E-state index contributed by atoms with van der Waals surface area (Å²) < 4.78 is 1.87. The van der Waals surface area contributed by atoms with Crippen molar-refractivity contribution in [2.75, 3.05) is 5.32 Å². The molecular weight excluding hydrogens is 350 g/mol.